The molecule has 3 aromatic heterocycles. The van der Waals surface area contributed by atoms with Crippen LogP contribution >= 0.6 is 0 Å². The van der Waals surface area contributed by atoms with E-state index < -0.39 is 11.7 Å². The lowest BCUT2D eigenvalue weighted by atomic mass is 9.91. The number of hydrogen-bond acceptors (Lipinski definition) is 9. The third kappa shape index (κ3) is 5.52. The fourth-order valence-electron chi connectivity index (χ4n) is 3.87. The SMILES string of the molecule is CC1(C(=O)Nc2cccnc2)COC(c2nc(-c3ccc(F)cc3)c(-c3ccnc(NCCO)n3)[nH]2)OC1. The second-order valence-corrected chi connectivity index (χ2v) is 8.98. The molecule has 0 saturated carbocycles. The van der Waals surface area contributed by atoms with E-state index in [1.165, 1.54) is 12.1 Å². The number of carbonyl (C=O) groups is 1. The Labute approximate surface area is 217 Å². The summed E-state index contributed by atoms with van der Waals surface area (Å²) < 4.78 is 25.5. The van der Waals surface area contributed by atoms with E-state index in [0.717, 1.165) is 0 Å². The zero-order valence-corrected chi connectivity index (χ0v) is 20.5. The van der Waals surface area contributed by atoms with Crippen molar-refractivity contribution in [2.75, 3.05) is 37.0 Å². The highest BCUT2D eigenvalue weighted by molar-refractivity contribution is 5.95. The lowest BCUT2D eigenvalue weighted by Gasteiger charge is -2.35. The van der Waals surface area contributed by atoms with Crippen LogP contribution in [0.4, 0.5) is 16.0 Å². The largest absolute Gasteiger partial charge is 0.395 e. The summed E-state index contributed by atoms with van der Waals surface area (Å²) in [7, 11) is 0. The molecule has 0 bridgehead atoms. The molecule has 4 N–H and O–H groups in total. The monoisotopic (exact) mass is 519 g/mol. The number of H-pyrrole nitrogens is 1. The van der Waals surface area contributed by atoms with Gasteiger partial charge in [0.2, 0.25) is 18.1 Å². The van der Waals surface area contributed by atoms with Gasteiger partial charge in [0.05, 0.1) is 54.2 Å². The van der Waals surface area contributed by atoms with Crippen LogP contribution in [0.3, 0.4) is 0 Å². The average Bonchev–Trinajstić information content (AvgIpc) is 3.39. The number of nitrogens with zero attached hydrogens (tertiary/aromatic N) is 4. The van der Waals surface area contributed by atoms with E-state index in [1.54, 1.807) is 55.8 Å². The molecule has 0 radical (unpaired) electrons. The first kappa shape index (κ1) is 25.4. The van der Waals surface area contributed by atoms with Crippen molar-refractivity contribution >= 4 is 17.5 Å². The van der Waals surface area contributed by atoms with E-state index in [4.69, 9.17) is 19.6 Å². The van der Waals surface area contributed by atoms with E-state index in [-0.39, 0.29) is 31.5 Å². The minimum absolute atomic E-state index is 0.0713. The number of hydrogen-bond donors (Lipinski definition) is 4. The molecule has 0 unspecified atom stereocenters. The molecule has 1 saturated heterocycles. The van der Waals surface area contributed by atoms with Crippen molar-refractivity contribution in [1.82, 2.24) is 24.9 Å². The second kappa shape index (κ2) is 11.0. The molecule has 38 heavy (non-hydrogen) atoms. The van der Waals surface area contributed by atoms with Gasteiger partial charge in [-0.25, -0.2) is 19.3 Å². The van der Waals surface area contributed by atoms with Crippen LogP contribution in [0.2, 0.25) is 0 Å². The van der Waals surface area contributed by atoms with E-state index in [1.807, 2.05) is 0 Å². The van der Waals surface area contributed by atoms with E-state index in [2.05, 4.69) is 30.6 Å². The number of carbonyl (C=O) groups excluding carboxylic acids is 1. The summed E-state index contributed by atoms with van der Waals surface area (Å²) in [5.41, 5.74) is 1.90. The second-order valence-electron chi connectivity index (χ2n) is 8.98. The summed E-state index contributed by atoms with van der Waals surface area (Å²) in [6.45, 7) is 2.16. The first-order valence-corrected chi connectivity index (χ1v) is 11.9. The number of nitrogens with one attached hydrogen (secondary N) is 3. The van der Waals surface area contributed by atoms with Gasteiger partial charge in [0.1, 0.15) is 5.82 Å². The van der Waals surface area contributed by atoms with Crippen LogP contribution in [0, 0.1) is 11.2 Å². The molecule has 11 nitrogen and oxygen atoms in total. The number of rotatable bonds is 8. The van der Waals surface area contributed by atoms with Crippen LogP contribution in [-0.2, 0) is 14.3 Å². The maximum absolute atomic E-state index is 13.6. The molecule has 0 atom stereocenters. The summed E-state index contributed by atoms with van der Waals surface area (Å²) >= 11 is 0. The Bertz CT molecular complexity index is 1390. The van der Waals surface area contributed by atoms with Crippen molar-refractivity contribution in [1.29, 1.82) is 0 Å². The Morgan fingerprint density at radius 3 is 2.66 bits per heavy atom. The Morgan fingerprint density at radius 1 is 1.16 bits per heavy atom. The molecular formula is C26H26FN7O4. The smallest absolute Gasteiger partial charge is 0.235 e. The molecule has 4 aromatic rings. The number of benzene rings is 1. The summed E-state index contributed by atoms with van der Waals surface area (Å²) in [4.78, 5) is 33.5. The zero-order valence-electron chi connectivity index (χ0n) is 20.5. The summed E-state index contributed by atoms with van der Waals surface area (Å²) in [6, 6.07) is 11.1. The summed E-state index contributed by atoms with van der Waals surface area (Å²) in [5.74, 6) is 0.0854. The maximum Gasteiger partial charge on any atom is 0.235 e. The number of aliphatic hydroxyl groups excluding tert-OH is 1. The molecule has 1 aliphatic rings. The number of anilines is 2. The predicted octanol–water partition coefficient (Wildman–Crippen LogP) is 3.16. The first-order chi connectivity index (χ1) is 18.4. The quantitative estimate of drug-likeness (QED) is 0.276. The third-order valence-corrected chi connectivity index (χ3v) is 5.94. The van der Waals surface area contributed by atoms with Gasteiger partial charge in [-0.2, -0.15) is 0 Å². The topological polar surface area (TPSA) is 147 Å². The number of ether oxygens (including phenoxy) is 2. The average molecular weight is 520 g/mol. The lowest BCUT2D eigenvalue weighted by Crippen LogP contribution is -2.45. The predicted molar refractivity (Wildman–Crippen MR) is 136 cm³/mol. The number of aromatic nitrogens is 5. The number of imidazole rings is 1. The highest BCUT2D eigenvalue weighted by Crippen LogP contribution is 2.36. The van der Waals surface area contributed by atoms with Crippen LogP contribution in [0.1, 0.15) is 19.0 Å². The molecule has 1 aromatic carbocycles. The minimum atomic E-state index is -0.929. The fourth-order valence-corrected chi connectivity index (χ4v) is 3.87. The van der Waals surface area contributed by atoms with Gasteiger partial charge in [0.15, 0.2) is 5.82 Å². The highest BCUT2D eigenvalue weighted by Gasteiger charge is 2.41. The van der Waals surface area contributed by atoms with Gasteiger partial charge < -0.3 is 30.2 Å². The zero-order chi connectivity index (χ0) is 26.5. The first-order valence-electron chi connectivity index (χ1n) is 11.9. The van der Waals surface area contributed by atoms with Crippen molar-refractivity contribution in [2.45, 2.75) is 13.2 Å². The molecule has 0 aliphatic carbocycles. The molecule has 1 aliphatic heterocycles. The van der Waals surface area contributed by atoms with Crippen molar-refractivity contribution in [3.8, 4) is 22.6 Å². The van der Waals surface area contributed by atoms with E-state index in [9.17, 15) is 9.18 Å². The molecule has 1 amide bonds. The Balaban J connectivity index is 1.39. The van der Waals surface area contributed by atoms with Gasteiger partial charge in [-0.15, -0.1) is 0 Å². The van der Waals surface area contributed by atoms with Gasteiger partial charge >= 0.3 is 0 Å². The minimum Gasteiger partial charge on any atom is -0.395 e. The molecular weight excluding hydrogens is 493 g/mol. The van der Waals surface area contributed by atoms with Crippen LogP contribution in [-0.4, -0.2) is 62.3 Å². The number of aliphatic hydroxyl groups is 1. The van der Waals surface area contributed by atoms with Gasteiger partial charge in [-0.05, 0) is 49.4 Å². The van der Waals surface area contributed by atoms with Crippen LogP contribution in [0.25, 0.3) is 22.6 Å². The van der Waals surface area contributed by atoms with Crippen LogP contribution in [0.15, 0.2) is 61.1 Å². The van der Waals surface area contributed by atoms with Crippen molar-refractivity contribution in [3.05, 3.63) is 72.7 Å². The number of aromatic amines is 1. The molecule has 12 heteroatoms. The summed E-state index contributed by atoms with van der Waals surface area (Å²) in [5, 5.41) is 14.9. The Hall–Kier alpha value is -4.26. The maximum atomic E-state index is 13.6. The molecule has 5 rings (SSSR count). The highest BCUT2D eigenvalue weighted by atomic mass is 19.1. The van der Waals surface area contributed by atoms with Crippen LogP contribution in [0.5, 0.6) is 0 Å². The fraction of sp³-hybridized carbons (Fsp3) is 0.269. The number of halogens is 1. The van der Waals surface area contributed by atoms with Gasteiger partial charge in [-0.1, -0.05) is 0 Å². The molecule has 0 spiro atoms. The number of amides is 1. The van der Waals surface area contributed by atoms with Crippen molar-refractivity contribution in [2.24, 2.45) is 5.41 Å². The van der Waals surface area contributed by atoms with Crippen molar-refractivity contribution in [3.63, 3.8) is 0 Å². The van der Waals surface area contributed by atoms with Crippen LogP contribution < -0.4 is 10.6 Å². The Kier molecular flexibility index (Phi) is 7.36. The third-order valence-electron chi connectivity index (χ3n) is 5.94. The van der Waals surface area contributed by atoms with E-state index in [0.29, 0.717) is 46.7 Å². The van der Waals surface area contributed by atoms with Gasteiger partial charge in [0.25, 0.3) is 0 Å². The van der Waals surface area contributed by atoms with Gasteiger partial charge in [0, 0.05) is 24.5 Å². The van der Waals surface area contributed by atoms with E-state index >= 15 is 0 Å². The standard InChI is InChI=1S/C26H26FN7O4/c1-26(24(36)31-18-3-2-9-28-13-18)14-37-23(38-15-26)22-33-20(16-4-6-17(27)7-5-16)21(34-22)19-8-10-29-25(32-19)30-11-12-35/h2-10,13,23,35H,11-12,14-15H2,1H3,(H,31,36)(H,33,34)(H,29,30,32). The number of pyridine rings is 1. The van der Waals surface area contributed by atoms with Crippen molar-refractivity contribution < 1.29 is 23.8 Å². The van der Waals surface area contributed by atoms with Gasteiger partial charge in [-0.3, -0.25) is 9.78 Å². The lowest BCUT2D eigenvalue weighted by molar-refractivity contribution is -0.229. The summed E-state index contributed by atoms with van der Waals surface area (Å²) in [6.07, 6.45) is 3.90. The Morgan fingerprint density at radius 2 is 1.95 bits per heavy atom. The molecule has 1 fully saturated rings. The normalized spacial score (nSPS) is 19.2. The molecule has 196 valence electrons. The molecule has 4 heterocycles.